The van der Waals surface area contributed by atoms with Gasteiger partial charge in [0.05, 0.1) is 30.8 Å². The van der Waals surface area contributed by atoms with Crippen LogP contribution >= 0.6 is 11.3 Å². The Morgan fingerprint density at radius 3 is 2.57 bits per heavy atom. The summed E-state index contributed by atoms with van der Waals surface area (Å²) in [5.74, 6) is 0.998. The number of nitrogens with zero attached hydrogens (tertiary/aromatic N) is 4. The van der Waals surface area contributed by atoms with Crippen LogP contribution in [0.3, 0.4) is 0 Å². The predicted octanol–water partition coefficient (Wildman–Crippen LogP) is 4.25. The Hall–Kier alpha value is -3.39. The van der Waals surface area contributed by atoms with Gasteiger partial charge in [0.2, 0.25) is 0 Å². The van der Waals surface area contributed by atoms with Crippen LogP contribution in [-0.2, 0) is 6.54 Å². The molecule has 154 valence electrons. The molecule has 0 fully saturated rings. The van der Waals surface area contributed by atoms with Gasteiger partial charge >= 0.3 is 0 Å². The Morgan fingerprint density at radius 2 is 1.90 bits per heavy atom. The van der Waals surface area contributed by atoms with Crippen LogP contribution < -0.4 is 14.4 Å². The number of methoxy groups -OCH3 is 2. The molecule has 8 heteroatoms. The number of aromatic nitrogens is 3. The van der Waals surface area contributed by atoms with Gasteiger partial charge in [0, 0.05) is 37.1 Å². The molecule has 7 nitrogen and oxygen atoms in total. The van der Waals surface area contributed by atoms with Gasteiger partial charge in [-0.1, -0.05) is 23.5 Å². The van der Waals surface area contributed by atoms with Crippen molar-refractivity contribution in [2.24, 2.45) is 0 Å². The smallest absolute Gasteiger partial charge is 0.260 e. The van der Waals surface area contributed by atoms with E-state index in [1.54, 1.807) is 49.8 Å². The highest BCUT2D eigenvalue weighted by Gasteiger charge is 2.22. The summed E-state index contributed by atoms with van der Waals surface area (Å²) in [7, 11) is 3.14. The highest BCUT2D eigenvalue weighted by atomic mass is 32.1. The van der Waals surface area contributed by atoms with E-state index in [1.807, 2.05) is 35.0 Å². The predicted molar refractivity (Wildman–Crippen MR) is 118 cm³/mol. The quantitative estimate of drug-likeness (QED) is 0.425. The van der Waals surface area contributed by atoms with Gasteiger partial charge in [-0.15, -0.1) is 0 Å². The number of amides is 1. The first kappa shape index (κ1) is 19.9. The number of hydrogen-bond donors (Lipinski definition) is 0. The van der Waals surface area contributed by atoms with Crippen LogP contribution in [0.15, 0.2) is 61.2 Å². The second-order valence-electron chi connectivity index (χ2n) is 6.68. The molecular weight excluding hydrogens is 400 g/mol. The maximum absolute atomic E-state index is 13.5. The maximum atomic E-state index is 13.5. The molecule has 2 aromatic heterocycles. The fraction of sp³-hybridized carbons (Fsp3) is 0.227. The molecule has 0 aliphatic heterocycles. The molecule has 4 rings (SSSR count). The second-order valence-corrected chi connectivity index (χ2v) is 7.69. The molecule has 0 aliphatic rings. The van der Waals surface area contributed by atoms with E-state index < -0.39 is 0 Å². The number of imidazole rings is 1. The minimum atomic E-state index is -0.142. The van der Waals surface area contributed by atoms with E-state index in [-0.39, 0.29) is 5.91 Å². The van der Waals surface area contributed by atoms with Gasteiger partial charge in [-0.3, -0.25) is 9.69 Å². The number of hydrogen-bond acceptors (Lipinski definition) is 6. The number of aryl methyl sites for hydroxylation is 1. The molecule has 4 aromatic rings. The summed E-state index contributed by atoms with van der Waals surface area (Å²) in [5, 5.41) is 0.675. The monoisotopic (exact) mass is 422 g/mol. The number of carbonyl (C=O) groups is 1. The van der Waals surface area contributed by atoms with Crippen molar-refractivity contribution >= 4 is 32.6 Å². The third-order valence-corrected chi connectivity index (χ3v) is 5.77. The summed E-state index contributed by atoms with van der Waals surface area (Å²) in [5.41, 5.74) is 1.38. The molecule has 30 heavy (non-hydrogen) atoms. The van der Waals surface area contributed by atoms with Crippen LogP contribution in [0.2, 0.25) is 0 Å². The largest absolute Gasteiger partial charge is 0.497 e. The minimum Gasteiger partial charge on any atom is -0.497 e. The van der Waals surface area contributed by atoms with Crippen molar-refractivity contribution in [1.82, 2.24) is 14.5 Å². The number of para-hydroxylation sites is 1. The topological polar surface area (TPSA) is 69.5 Å². The van der Waals surface area contributed by atoms with Crippen LogP contribution in [-0.4, -0.2) is 41.2 Å². The van der Waals surface area contributed by atoms with Crippen LogP contribution in [0.1, 0.15) is 16.8 Å². The molecule has 0 unspecified atom stereocenters. The van der Waals surface area contributed by atoms with E-state index in [0.717, 1.165) is 23.2 Å². The molecule has 0 spiro atoms. The van der Waals surface area contributed by atoms with Gasteiger partial charge in [0.25, 0.3) is 5.91 Å². The van der Waals surface area contributed by atoms with Crippen molar-refractivity contribution in [1.29, 1.82) is 0 Å². The Bertz CT molecular complexity index is 1090. The van der Waals surface area contributed by atoms with Crippen LogP contribution in [0.25, 0.3) is 10.2 Å². The van der Waals surface area contributed by atoms with Crippen molar-refractivity contribution in [3.8, 4) is 11.5 Å². The molecule has 0 saturated carbocycles. The molecule has 0 radical (unpaired) electrons. The Morgan fingerprint density at radius 1 is 1.13 bits per heavy atom. The summed E-state index contributed by atoms with van der Waals surface area (Å²) in [6, 6.07) is 13.1. The van der Waals surface area contributed by atoms with Gasteiger partial charge in [0.1, 0.15) is 11.5 Å². The van der Waals surface area contributed by atoms with E-state index in [2.05, 4.69) is 4.98 Å². The average molecular weight is 423 g/mol. The number of fused-ring (bicyclic) bond motifs is 1. The Balaban J connectivity index is 1.65. The van der Waals surface area contributed by atoms with Crippen LogP contribution in [0.4, 0.5) is 5.13 Å². The number of rotatable bonds is 8. The van der Waals surface area contributed by atoms with E-state index in [4.69, 9.17) is 14.5 Å². The van der Waals surface area contributed by atoms with E-state index in [0.29, 0.717) is 28.7 Å². The van der Waals surface area contributed by atoms with Gasteiger partial charge in [-0.25, -0.2) is 9.97 Å². The molecule has 0 bridgehead atoms. The lowest BCUT2D eigenvalue weighted by Gasteiger charge is -2.20. The Labute approximate surface area is 178 Å². The van der Waals surface area contributed by atoms with Gasteiger partial charge in [-0.2, -0.15) is 0 Å². The van der Waals surface area contributed by atoms with E-state index >= 15 is 0 Å². The summed E-state index contributed by atoms with van der Waals surface area (Å²) < 4.78 is 13.7. The van der Waals surface area contributed by atoms with E-state index in [9.17, 15) is 4.79 Å². The highest BCUT2D eigenvalue weighted by molar-refractivity contribution is 7.22. The van der Waals surface area contributed by atoms with Gasteiger partial charge in [-0.05, 0) is 30.7 Å². The Kier molecular flexibility index (Phi) is 5.94. The highest BCUT2D eigenvalue weighted by Crippen LogP contribution is 2.31. The lowest BCUT2D eigenvalue weighted by Crippen LogP contribution is -2.32. The van der Waals surface area contributed by atoms with Crippen molar-refractivity contribution in [3.63, 3.8) is 0 Å². The van der Waals surface area contributed by atoms with Crippen molar-refractivity contribution < 1.29 is 14.3 Å². The molecule has 1 amide bonds. The lowest BCUT2D eigenvalue weighted by molar-refractivity contribution is 0.0985. The summed E-state index contributed by atoms with van der Waals surface area (Å²) in [4.78, 5) is 24.0. The van der Waals surface area contributed by atoms with E-state index in [1.165, 1.54) is 11.3 Å². The average Bonchev–Trinajstić information content (AvgIpc) is 3.45. The third kappa shape index (κ3) is 4.28. The number of ether oxygens (including phenoxy) is 2. The zero-order chi connectivity index (χ0) is 20.9. The third-order valence-electron chi connectivity index (χ3n) is 4.71. The normalized spacial score (nSPS) is 10.9. The molecular formula is C22H22N4O3S. The number of benzene rings is 2. The van der Waals surface area contributed by atoms with Gasteiger partial charge in [0.15, 0.2) is 5.13 Å². The molecule has 0 atom stereocenters. The van der Waals surface area contributed by atoms with Crippen LogP contribution in [0.5, 0.6) is 11.5 Å². The zero-order valence-electron chi connectivity index (χ0n) is 16.8. The van der Waals surface area contributed by atoms with Crippen LogP contribution in [0, 0.1) is 0 Å². The molecule has 0 N–H and O–H groups in total. The lowest BCUT2D eigenvalue weighted by atomic mass is 10.1. The number of anilines is 1. The van der Waals surface area contributed by atoms with Crippen molar-refractivity contribution in [3.05, 3.63) is 66.7 Å². The first-order valence-electron chi connectivity index (χ1n) is 9.54. The summed E-state index contributed by atoms with van der Waals surface area (Å²) in [6.07, 6.45) is 6.20. The van der Waals surface area contributed by atoms with Crippen molar-refractivity contribution in [2.45, 2.75) is 13.0 Å². The summed E-state index contributed by atoms with van der Waals surface area (Å²) in [6.45, 7) is 1.28. The van der Waals surface area contributed by atoms with Crippen molar-refractivity contribution in [2.75, 3.05) is 25.7 Å². The second kappa shape index (κ2) is 8.96. The minimum absolute atomic E-state index is 0.142. The molecule has 2 heterocycles. The van der Waals surface area contributed by atoms with Gasteiger partial charge < -0.3 is 14.0 Å². The summed E-state index contributed by atoms with van der Waals surface area (Å²) >= 11 is 1.51. The molecule has 0 saturated heterocycles. The molecule has 0 aliphatic carbocycles. The fourth-order valence-corrected chi connectivity index (χ4v) is 4.17. The SMILES string of the molecule is COc1cc(OC)cc(C(=O)N(CCCn2ccnc2)c2nc3ccccc3s2)c1. The first-order chi connectivity index (χ1) is 14.7. The number of carbonyl (C=O) groups excluding carboxylic acids is 1. The maximum Gasteiger partial charge on any atom is 0.260 e. The molecule has 2 aromatic carbocycles. The standard InChI is InChI=1S/C22H22N4O3S/c1-28-17-12-16(13-18(14-17)29-2)21(27)26(10-5-9-25-11-8-23-15-25)22-24-19-6-3-4-7-20(19)30-22/h3-4,6-8,11-15H,5,9-10H2,1-2H3. The first-order valence-corrected chi connectivity index (χ1v) is 10.4. The fourth-order valence-electron chi connectivity index (χ4n) is 3.18. The number of thiazole rings is 1. The zero-order valence-corrected chi connectivity index (χ0v) is 17.6.